The zero-order chi connectivity index (χ0) is 8.97. The monoisotopic (exact) mass is 160 g/mol. The van der Waals surface area contributed by atoms with Crippen LogP contribution in [-0.2, 0) is 0 Å². The van der Waals surface area contributed by atoms with Crippen LogP contribution in [0.2, 0.25) is 0 Å². The molecule has 0 heterocycles. The maximum atomic E-state index is 2.26. The second-order valence-electron chi connectivity index (χ2n) is 3.24. The van der Waals surface area contributed by atoms with Crippen LogP contribution in [0.5, 0.6) is 0 Å². The first-order chi connectivity index (χ1) is 5.72. The molecule has 0 atom stereocenters. The van der Waals surface area contributed by atoms with E-state index < -0.39 is 0 Å². The third-order valence-corrected chi connectivity index (χ3v) is 2.09. The minimum absolute atomic E-state index is 1.08. The van der Waals surface area contributed by atoms with Gasteiger partial charge in [-0.3, -0.25) is 0 Å². The fraction of sp³-hybridized carbons (Fsp3) is 0.333. The van der Waals surface area contributed by atoms with E-state index in [1.807, 2.05) is 0 Å². The maximum Gasteiger partial charge on any atom is -0.00916 e. The van der Waals surface area contributed by atoms with E-state index in [1.54, 1.807) is 0 Å². The Kier molecular flexibility index (Phi) is 3.09. The van der Waals surface area contributed by atoms with Crippen LogP contribution in [0.3, 0.4) is 0 Å². The summed E-state index contributed by atoms with van der Waals surface area (Å²) < 4.78 is 0. The SMILES string of the molecule is C/C=C(C)\C=C1\C=CC(C)=CC1. The van der Waals surface area contributed by atoms with Crippen molar-refractivity contribution in [2.45, 2.75) is 27.2 Å². The Bertz CT molecular complexity index is 272. The Morgan fingerprint density at radius 2 is 2.17 bits per heavy atom. The van der Waals surface area contributed by atoms with Crippen molar-refractivity contribution in [2.24, 2.45) is 0 Å². The number of hydrogen-bond acceptors (Lipinski definition) is 0. The standard InChI is InChI=1S/C12H16/c1-4-10(2)9-12-7-5-11(3)6-8-12/h4-7,9H,8H2,1-3H3/b10-4-,12-9-. The van der Waals surface area contributed by atoms with Crippen molar-refractivity contribution in [3.05, 3.63) is 47.1 Å². The molecule has 1 rings (SSSR count). The molecule has 0 saturated heterocycles. The smallest absolute Gasteiger partial charge is 0.00916 e. The van der Waals surface area contributed by atoms with E-state index in [0.717, 1.165) is 6.42 Å². The van der Waals surface area contributed by atoms with E-state index in [9.17, 15) is 0 Å². The van der Waals surface area contributed by atoms with Gasteiger partial charge in [-0.2, -0.15) is 0 Å². The van der Waals surface area contributed by atoms with E-state index in [-0.39, 0.29) is 0 Å². The molecular formula is C12H16. The van der Waals surface area contributed by atoms with E-state index in [1.165, 1.54) is 16.7 Å². The minimum Gasteiger partial charge on any atom is -0.0847 e. The lowest BCUT2D eigenvalue weighted by atomic mass is 10.0. The minimum atomic E-state index is 1.08. The maximum absolute atomic E-state index is 2.26. The fourth-order valence-corrected chi connectivity index (χ4v) is 1.14. The average molecular weight is 160 g/mol. The van der Waals surface area contributed by atoms with Gasteiger partial charge in [0.2, 0.25) is 0 Å². The highest BCUT2D eigenvalue weighted by Gasteiger charge is 1.96. The third kappa shape index (κ3) is 2.54. The van der Waals surface area contributed by atoms with Gasteiger partial charge in [0.1, 0.15) is 0 Å². The van der Waals surface area contributed by atoms with Crippen molar-refractivity contribution >= 4 is 0 Å². The first-order valence-electron chi connectivity index (χ1n) is 4.40. The molecule has 0 amide bonds. The average Bonchev–Trinajstić information content (AvgIpc) is 2.09. The predicted octanol–water partition coefficient (Wildman–Crippen LogP) is 3.79. The quantitative estimate of drug-likeness (QED) is 0.547. The first kappa shape index (κ1) is 9.05. The molecule has 12 heavy (non-hydrogen) atoms. The topological polar surface area (TPSA) is 0 Å². The summed E-state index contributed by atoms with van der Waals surface area (Å²) in [5.41, 5.74) is 4.10. The highest BCUT2D eigenvalue weighted by Crippen LogP contribution is 2.16. The molecule has 0 heteroatoms. The van der Waals surface area contributed by atoms with Gasteiger partial charge >= 0.3 is 0 Å². The molecule has 0 radical (unpaired) electrons. The van der Waals surface area contributed by atoms with Crippen LogP contribution in [0.4, 0.5) is 0 Å². The van der Waals surface area contributed by atoms with Crippen molar-refractivity contribution in [1.82, 2.24) is 0 Å². The molecule has 1 aliphatic rings. The highest BCUT2D eigenvalue weighted by atomic mass is 14.0. The van der Waals surface area contributed by atoms with Crippen LogP contribution < -0.4 is 0 Å². The van der Waals surface area contributed by atoms with Gasteiger partial charge in [0.25, 0.3) is 0 Å². The lowest BCUT2D eigenvalue weighted by Crippen LogP contribution is -1.85. The highest BCUT2D eigenvalue weighted by molar-refractivity contribution is 5.38. The van der Waals surface area contributed by atoms with Crippen LogP contribution in [0.25, 0.3) is 0 Å². The molecule has 0 aromatic heterocycles. The third-order valence-electron chi connectivity index (χ3n) is 2.09. The summed E-state index contributed by atoms with van der Waals surface area (Å²) in [4.78, 5) is 0. The molecule has 0 spiro atoms. The van der Waals surface area contributed by atoms with Crippen molar-refractivity contribution < 1.29 is 0 Å². The van der Waals surface area contributed by atoms with Gasteiger partial charge in [-0.1, -0.05) is 41.5 Å². The molecule has 64 valence electrons. The molecule has 0 unspecified atom stereocenters. The zero-order valence-corrected chi connectivity index (χ0v) is 8.09. The van der Waals surface area contributed by atoms with Crippen LogP contribution in [0.15, 0.2) is 47.1 Å². The van der Waals surface area contributed by atoms with Crippen molar-refractivity contribution in [1.29, 1.82) is 0 Å². The molecular weight excluding hydrogens is 144 g/mol. The van der Waals surface area contributed by atoms with E-state index in [4.69, 9.17) is 0 Å². The van der Waals surface area contributed by atoms with Crippen LogP contribution in [0, 0.1) is 0 Å². The van der Waals surface area contributed by atoms with Crippen molar-refractivity contribution in [2.75, 3.05) is 0 Å². The van der Waals surface area contributed by atoms with Gasteiger partial charge in [0.05, 0.1) is 0 Å². The number of allylic oxidation sites excluding steroid dienone is 8. The summed E-state index contributed by atoms with van der Waals surface area (Å²) in [7, 11) is 0. The van der Waals surface area contributed by atoms with Gasteiger partial charge in [-0.25, -0.2) is 0 Å². The Morgan fingerprint density at radius 3 is 2.67 bits per heavy atom. The molecule has 0 aromatic carbocycles. The molecule has 0 aliphatic heterocycles. The van der Waals surface area contributed by atoms with Gasteiger partial charge in [-0.05, 0) is 32.8 Å². The second kappa shape index (κ2) is 4.10. The Balaban J connectivity index is 2.71. The summed E-state index contributed by atoms with van der Waals surface area (Å²) in [6, 6.07) is 0. The first-order valence-corrected chi connectivity index (χ1v) is 4.40. The van der Waals surface area contributed by atoms with Crippen molar-refractivity contribution in [3.63, 3.8) is 0 Å². The summed E-state index contributed by atoms with van der Waals surface area (Å²) >= 11 is 0. The lowest BCUT2D eigenvalue weighted by molar-refractivity contribution is 1.21. The lowest BCUT2D eigenvalue weighted by Gasteiger charge is -2.05. The summed E-state index contributed by atoms with van der Waals surface area (Å²) in [6.07, 6.45) is 12.1. The molecule has 0 N–H and O–H groups in total. The van der Waals surface area contributed by atoms with E-state index in [2.05, 4.69) is 51.2 Å². The zero-order valence-electron chi connectivity index (χ0n) is 8.09. The van der Waals surface area contributed by atoms with Crippen LogP contribution in [-0.4, -0.2) is 0 Å². The second-order valence-corrected chi connectivity index (χ2v) is 3.24. The Hall–Kier alpha value is -1.04. The molecule has 0 aromatic rings. The van der Waals surface area contributed by atoms with E-state index >= 15 is 0 Å². The van der Waals surface area contributed by atoms with Gasteiger partial charge in [-0.15, -0.1) is 0 Å². The molecule has 1 aliphatic carbocycles. The molecule has 0 nitrogen and oxygen atoms in total. The fourth-order valence-electron chi connectivity index (χ4n) is 1.14. The normalized spacial score (nSPS) is 21.4. The summed E-state index contributed by atoms with van der Waals surface area (Å²) in [6.45, 7) is 6.34. The van der Waals surface area contributed by atoms with Crippen LogP contribution in [0.1, 0.15) is 27.2 Å². The predicted molar refractivity (Wildman–Crippen MR) is 55.0 cm³/mol. The van der Waals surface area contributed by atoms with E-state index in [0.29, 0.717) is 0 Å². The largest absolute Gasteiger partial charge is 0.0847 e. The van der Waals surface area contributed by atoms with Crippen LogP contribution >= 0.6 is 0 Å². The number of hydrogen-bond donors (Lipinski definition) is 0. The van der Waals surface area contributed by atoms with Gasteiger partial charge < -0.3 is 0 Å². The number of rotatable bonds is 1. The molecule has 0 fully saturated rings. The molecule has 0 saturated carbocycles. The molecule has 0 bridgehead atoms. The van der Waals surface area contributed by atoms with Crippen molar-refractivity contribution in [3.8, 4) is 0 Å². The summed E-state index contributed by atoms with van der Waals surface area (Å²) in [5.74, 6) is 0. The Labute approximate surface area is 75.0 Å². The van der Waals surface area contributed by atoms with Gasteiger partial charge in [0.15, 0.2) is 0 Å². The van der Waals surface area contributed by atoms with Gasteiger partial charge in [0, 0.05) is 0 Å². The Morgan fingerprint density at radius 1 is 1.42 bits per heavy atom. The summed E-state index contributed by atoms with van der Waals surface area (Å²) in [5, 5.41) is 0.